The first kappa shape index (κ1) is 32.8. The van der Waals surface area contributed by atoms with Gasteiger partial charge in [-0.1, -0.05) is 36.1 Å². The molecule has 0 bridgehead atoms. The zero-order valence-corrected chi connectivity index (χ0v) is 26.0. The number of hydrogen-bond acceptors (Lipinski definition) is 11. The summed E-state index contributed by atoms with van der Waals surface area (Å²) in [5.41, 5.74) is 9.27. The van der Waals surface area contributed by atoms with Crippen LogP contribution in [-0.4, -0.2) is 57.8 Å². The molecule has 0 aliphatic carbocycles. The van der Waals surface area contributed by atoms with Crippen LogP contribution in [0.15, 0.2) is 66.5 Å². The molecule has 0 radical (unpaired) electrons. The summed E-state index contributed by atoms with van der Waals surface area (Å²) >= 11 is 0. The Morgan fingerprint density at radius 1 is 1.09 bits per heavy atom. The van der Waals surface area contributed by atoms with Crippen molar-refractivity contribution in [3.63, 3.8) is 0 Å². The van der Waals surface area contributed by atoms with Crippen LogP contribution in [-0.2, 0) is 27.4 Å². The van der Waals surface area contributed by atoms with E-state index < -0.39 is 17.7 Å². The molecule has 13 heteroatoms. The van der Waals surface area contributed by atoms with Gasteiger partial charge in [-0.2, -0.15) is 15.2 Å². The fourth-order valence-corrected chi connectivity index (χ4v) is 3.92. The van der Waals surface area contributed by atoms with Crippen LogP contribution in [0.2, 0.25) is 0 Å². The molecule has 0 saturated carbocycles. The summed E-state index contributed by atoms with van der Waals surface area (Å²) in [7, 11) is 1.88. The Hall–Kier alpha value is -6.08. The van der Waals surface area contributed by atoms with Gasteiger partial charge in [0.15, 0.2) is 11.2 Å². The normalized spacial score (nSPS) is 11.2. The lowest BCUT2D eigenvalue weighted by molar-refractivity contribution is -0.149. The van der Waals surface area contributed by atoms with E-state index in [4.69, 9.17) is 19.9 Å². The van der Waals surface area contributed by atoms with Crippen LogP contribution in [0.3, 0.4) is 0 Å². The Balaban J connectivity index is 1.17. The molecule has 1 amide bonds. The van der Waals surface area contributed by atoms with Crippen molar-refractivity contribution in [2.45, 2.75) is 39.5 Å². The predicted molar refractivity (Wildman–Crippen MR) is 171 cm³/mol. The summed E-state index contributed by atoms with van der Waals surface area (Å²) in [5.74, 6) is 5.31. The van der Waals surface area contributed by atoms with E-state index >= 15 is 0 Å². The number of amides is 1. The first-order valence-corrected chi connectivity index (χ1v) is 14.2. The van der Waals surface area contributed by atoms with Gasteiger partial charge in [-0.15, -0.1) is 0 Å². The number of imidazole rings is 1. The number of anilines is 2. The molecule has 236 valence electrons. The van der Waals surface area contributed by atoms with E-state index in [2.05, 4.69) is 37.1 Å². The summed E-state index contributed by atoms with van der Waals surface area (Å²) < 4.78 is 16.3. The predicted octanol–water partition coefficient (Wildman–Crippen LogP) is 4.02. The van der Waals surface area contributed by atoms with Crippen LogP contribution in [0.25, 0.3) is 11.2 Å². The van der Waals surface area contributed by atoms with Crippen molar-refractivity contribution in [3.8, 4) is 23.8 Å². The van der Waals surface area contributed by atoms with E-state index in [-0.39, 0.29) is 24.7 Å². The van der Waals surface area contributed by atoms with Gasteiger partial charge in [-0.25, -0.2) is 14.6 Å². The van der Waals surface area contributed by atoms with Gasteiger partial charge in [0.2, 0.25) is 11.8 Å². The number of esters is 1. The van der Waals surface area contributed by atoms with Crippen molar-refractivity contribution in [2.24, 2.45) is 0 Å². The van der Waals surface area contributed by atoms with E-state index in [1.54, 1.807) is 20.8 Å². The van der Waals surface area contributed by atoms with Gasteiger partial charge < -0.3 is 35.1 Å². The summed E-state index contributed by atoms with van der Waals surface area (Å²) in [6, 6.07) is 16.8. The Kier molecular flexibility index (Phi) is 10.8. The average molecular weight is 623 g/mol. The smallest absolute Gasteiger partial charge is 0.407 e. The fourth-order valence-electron chi connectivity index (χ4n) is 3.92. The number of carbonyl (C=O) groups excluding carboxylic acids is 2. The number of fused-ring (bicyclic) bond motifs is 1. The van der Waals surface area contributed by atoms with Gasteiger partial charge >= 0.3 is 12.1 Å². The van der Waals surface area contributed by atoms with Crippen molar-refractivity contribution < 1.29 is 23.8 Å². The number of H-pyrrole nitrogens is 1. The number of hydrogen-bond donors (Lipinski definition) is 3. The van der Waals surface area contributed by atoms with E-state index in [0.717, 1.165) is 16.8 Å². The van der Waals surface area contributed by atoms with Gasteiger partial charge in [-0.05, 0) is 56.2 Å². The van der Waals surface area contributed by atoms with Crippen molar-refractivity contribution in [2.75, 3.05) is 30.8 Å². The molecule has 0 saturated heterocycles. The Labute approximate surface area is 266 Å². The quantitative estimate of drug-likeness (QED) is 0.101. The van der Waals surface area contributed by atoms with Crippen LogP contribution < -0.4 is 20.7 Å². The van der Waals surface area contributed by atoms with E-state index in [1.807, 2.05) is 66.5 Å². The van der Waals surface area contributed by atoms with Gasteiger partial charge in [0.05, 0.1) is 12.9 Å². The molecular formula is C33H34N8O5. The van der Waals surface area contributed by atoms with Crippen LogP contribution in [0.4, 0.5) is 16.4 Å². The number of ether oxygens (including phenoxy) is 3. The van der Waals surface area contributed by atoms with Crippen LogP contribution in [0.1, 0.15) is 37.5 Å². The maximum Gasteiger partial charge on any atom is 0.407 e. The summed E-state index contributed by atoms with van der Waals surface area (Å²) in [5, 5.41) is 12.0. The molecule has 0 aliphatic rings. The Morgan fingerprint density at radius 3 is 2.50 bits per heavy atom. The summed E-state index contributed by atoms with van der Waals surface area (Å²) in [4.78, 5) is 41.4. The highest BCUT2D eigenvalue weighted by Crippen LogP contribution is 2.21. The number of nitriles is 1. The monoisotopic (exact) mass is 622 g/mol. The molecule has 0 aliphatic heterocycles. The molecule has 4 rings (SSSR count). The molecule has 0 unspecified atom stereocenters. The lowest BCUT2D eigenvalue weighted by atomic mass is 10.1. The second-order valence-electron chi connectivity index (χ2n) is 11.0. The van der Waals surface area contributed by atoms with E-state index in [0.29, 0.717) is 35.7 Å². The molecule has 13 nitrogen and oxygen atoms in total. The number of likely N-dealkylation sites (N-methyl/N-ethyl adjacent to an activating group) is 1. The van der Waals surface area contributed by atoms with Crippen molar-refractivity contribution >= 4 is 34.9 Å². The number of nitrogens with two attached hydrogens (primary N) is 1. The highest BCUT2D eigenvalue weighted by molar-refractivity contribution is 5.93. The molecule has 46 heavy (non-hydrogen) atoms. The van der Waals surface area contributed by atoms with E-state index in [1.165, 1.54) is 12.4 Å². The molecule has 4 aromatic rings. The van der Waals surface area contributed by atoms with Crippen molar-refractivity contribution in [1.29, 1.82) is 5.26 Å². The number of carbonyl (C=O) groups is 2. The molecule has 2 aromatic heterocycles. The maximum absolute atomic E-state index is 12.2. The molecule has 0 fully saturated rings. The largest absolute Gasteiger partial charge is 0.471 e. The number of aromatic amines is 1. The van der Waals surface area contributed by atoms with Gasteiger partial charge in [0, 0.05) is 30.9 Å². The molecule has 0 atom stereocenters. The molecule has 0 spiro atoms. The fraction of sp³-hybridized carbons (Fsp3) is 0.273. The van der Waals surface area contributed by atoms with Crippen molar-refractivity contribution in [3.05, 3.63) is 83.2 Å². The number of benzene rings is 2. The first-order valence-electron chi connectivity index (χ1n) is 14.2. The number of nitrogens with zero attached hydrogens (tertiary/aromatic N) is 5. The molecular weight excluding hydrogens is 588 g/mol. The topological polar surface area (TPSA) is 181 Å². The minimum atomic E-state index is -0.711. The van der Waals surface area contributed by atoms with Crippen LogP contribution in [0, 0.1) is 23.2 Å². The zero-order chi connectivity index (χ0) is 33.1. The lowest BCUT2D eigenvalue weighted by Crippen LogP contribution is -2.28. The van der Waals surface area contributed by atoms with Gasteiger partial charge in [0.25, 0.3) is 0 Å². The number of nitrogen functional groups attached to an aromatic ring is 1. The highest BCUT2D eigenvalue weighted by atomic mass is 16.6. The molecule has 4 N–H and O–H groups in total. The average Bonchev–Trinajstić information content (AvgIpc) is 3.49. The van der Waals surface area contributed by atoms with Crippen LogP contribution in [0.5, 0.6) is 5.88 Å². The lowest BCUT2D eigenvalue weighted by Gasteiger charge is -2.19. The minimum absolute atomic E-state index is 0.0903. The van der Waals surface area contributed by atoms with Gasteiger partial charge in [-0.3, -0.25) is 0 Å². The second-order valence-corrected chi connectivity index (χ2v) is 11.0. The number of alkyl carbamates (subject to hydrolysis) is 1. The highest BCUT2D eigenvalue weighted by Gasteiger charge is 2.19. The third-order valence-corrected chi connectivity index (χ3v) is 6.24. The zero-order valence-electron chi connectivity index (χ0n) is 26.0. The summed E-state index contributed by atoms with van der Waals surface area (Å²) in [6.45, 7) is 6.40. The standard InChI is InChI=1S/C33H34N8O5/c1-33(2,3)46-30(42)25(18-34)7-5-6-22-12-14-26(15-13-22)41(4)16-17-44-32(43)36-19-23-8-10-24(11-9-23)20-45-29-27-28(38-21-37-27)39-31(35)40-29/h7-15,21H,16-17,19-20H2,1-4H3,(H,36,43)(H3,35,37,38,39,40)/b25-7+. The molecule has 2 heterocycles. The van der Waals surface area contributed by atoms with Crippen molar-refractivity contribution in [1.82, 2.24) is 25.3 Å². The van der Waals surface area contributed by atoms with E-state index in [9.17, 15) is 14.9 Å². The Bertz CT molecular complexity index is 1810. The second kappa shape index (κ2) is 15.1. The summed E-state index contributed by atoms with van der Waals surface area (Å²) in [6.07, 6.45) is 2.23. The first-order chi connectivity index (χ1) is 22.0. The number of nitrogens with one attached hydrogen (secondary N) is 2. The number of aromatic nitrogens is 4. The third-order valence-electron chi connectivity index (χ3n) is 6.24. The minimum Gasteiger partial charge on any atom is -0.471 e. The third kappa shape index (κ3) is 9.72. The SMILES string of the molecule is CN(CCOC(=O)NCc1ccc(COc2nc(N)nc3[nH]cnc23)cc1)c1ccc(C#C/C=C(\C#N)C(=O)OC(C)(C)C)cc1. The molecule has 2 aromatic carbocycles. The van der Waals surface area contributed by atoms with Gasteiger partial charge in [0.1, 0.15) is 30.5 Å². The number of allylic oxidation sites excluding steroid dienone is 1. The Morgan fingerprint density at radius 2 is 1.80 bits per heavy atom. The maximum atomic E-state index is 12.2. The number of rotatable bonds is 10. The van der Waals surface area contributed by atoms with Crippen LogP contribution >= 0.6 is 0 Å².